The molecule has 8 nitrogen and oxygen atoms in total. The first-order valence-electron chi connectivity index (χ1n) is 12.0. The van der Waals surface area contributed by atoms with Crippen molar-refractivity contribution in [2.24, 2.45) is 0 Å². The van der Waals surface area contributed by atoms with Crippen molar-refractivity contribution in [1.82, 2.24) is 9.78 Å². The number of nitro groups is 1. The van der Waals surface area contributed by atoms with Crippen LogP contribution in [0, 0.1) is 10.1 Å². The number of rotatable bonds is 10. The highest BCUT2D eigenvalue weighted by Gasteiger charge is 2.27. The highest BCUT2D eigenvalue weighted by atomic mass is 35.5. The van der Waals surface area contributed by atoms with Gasteiger partial charge in [0.25, 0.3) is 0 Å². The van der Waals surface area contributed by atoms with Crippen LogP contribution in [0.4, 0.5) is 5.69 Å². The Balaban J connectivity index is 1.47. The summed E-state index contributed by atoms with van der Waals surface area (Å²) >= 11 is 18.6. The average molecular weight is 569 g/mol. The average Bonchev–Trinajstić information content (AvgIpc) is 3.32. The molecule has 1 saturated heterocycles. The van der Waals surface area contributed by atoms with E-state index in [2.05, 4.69) is 18.9 Å². The van der Waals surface area contributed by atoms with Gasteiger partial charge < -0.3 is 14.2 Å². The minimum absolute atomic E-state index is 0.0340. The molecule has 1 fully saturated rings. The van der Waals surface area contributed by atoms with E-state index in [0.29, 0.717) is 40.6 Å². The Morgan fingerprint density at radius 3 is 2.43 bits per heavy atom. The minimum Gasteiger partial charge on any atom is -0.489 e. The van der Waals surface area contributed by atoms with Crippen molar-refractivity contribution in [2.75, 3.05) is 19.1 Å². The molecular weight excluding hydrogens is 541 g/mol. The summed E-state index contributed by atoms with van der Waals surface area (Å²) in [6, 6.07) is 11.2. The lowest BCUT2D eigenvalue weighted by Gasteiger charge is -2.27. The van der Waals surface area contributed by atoms with Crippen molar-refractivity contribution in [2.45, 2.75) is 51.4 Å². The molecule has 4 rings (SSSR count). The molecule has 0 saturated carbocycles. The van der Waals surface area contributed by atoms with Crippen LogP contribution in [0.2, 0.25) is 10.0 Å². The SMILES string of the molecule is CC(C)(c1ccc(OCc2nn(C3CCCCO3)cc2[N+](=O)[O-])cc1)c1cc(Cl)c(OCCCl)c(Cl)c1. The molecule has 1 atom stereocenters. The Morgan fingerprint density at radius 2 is 1.84 bits per heavy atom. The molecule has 1 aliphatic rings. The van der Waals surface area contributed by atoms with Gasteiger partial charge in [-0.15, -0.1) is 11.6 Å². The Labute approximate surface area is 230 Å². The van der Waals surface area contributed by atoms with E-state index in [1.54, 1.807) is 0 Å². The fraction of sp³-hybridized carbons (Fsp3) is 0.423. The van der Waals surface area contributed by atoms with E-state index in [4.69, 9.17) is 49.0 Å². The maximum atomic E-state index is 11.6. The van der Waals surface area contributed by atoms with Gasteiger partial charge in [0.05, 0.1) is 20.8 Å². The molecule has 0 N–H and O–H groups in total. The van der Waals surface area contributed by atoms with Crippen molar-refractivity contribution in [1.29, 1.82) is 0 Å². The smallest absolute Gasteiger partial charge is 0.313 e. The van der Waals surface area contributed by atoms with Gasteiger partial charge in [0.1, 0.15) is 31.4 Å². The van der Waals surface area contributed by atoms with Crippen molar-refractivity contribution in [3.8, 4) is 11.5 Å². The largest absolute Gasteiger partial charge is 0.489 e. The van der Waals surface area contributed by atoms with Gasteiger partial charge in [-0.3, -0.25) is 10.1 Å². The maximum Gasteiger partial charge on any atom is 0.313 e. The molecule has 0 aliphatic carbocycles. The molecule has 2 heterocycles. The van der Waals surface area contributed by atoms with Crippen molar-refractivity contribution in [3.63, 3.8) is 0 Å². The van der Waals surface area contributed by atoms with Crippen LogP contribution in [0.3, 0.4) is 0 Å². The van der Waals surface area contributed by atoms with Crippen LogP contribution in [-0.2, 0) is 16.8 Å². The lowest BCUT2D eigenvalue weighted by molar-refractivity contribution is -0.386. The van der Waals surface area contributed by atoms with Crippen LogP contribution < -0.4 is 9.47 Å². The summed E-state index contributed by atoms with van der Waals surface area (Å²) in [6.07, 6.45) is 3.89. The van der Waals surface area contributed by atoms with Crippen LogP contribution in [0.15, 0.2) is 42.6 Å². The number of aromatic nitrogens is 2. The number of ether oxygens (including phenoxy) is 3. The first-order chi connectivity index (χ1) is 17.7. The lowest BCUT2D eigenvalue weighted by atomic mass is 9.78. The van der Waals surface area contributed by atoms with Crippen molar-refractivity contribution < 1.29 is 19.1 Å². The molecule has 37 heavy (non-hydrogen) atoms. The summed E-state index contributed by atoms with van der Waals surface area (Å²) in [7, 11) is 0. The zero-order chi connectivity index (χ0) is 26.6. The minimum atomic E-state index is -0.446. The van der Waals surface area contributed by atoms with Crippen LogP contribution in [0.5, 0.6) is 11.5 Å². The molecule has 198 valence electrons. The highest BCUT2D eigenvalue weighted by molar-refractivity contribution is 6.37. The zero-order valence-electron chi connectivity index (χ0n) is 20.6. The second-order valence-corrected chi connectivity index (χ2v) is 10.5. The number of hydrogen-bond donors (Lipinski definition) is 0. The molecule has 0 spiro atoms. The fourth-order valence-electron chi connectivity index (χ4n) is 4.24. The van der Waals surface area contributed by atoms with E-state index in [9.17, 15) is 10.1 Å². The van der Waals surface area contributed by atoms with Crippen LogP contribution in [-0.4, -0.2) is 33.8 Å². The van der Waals surface area contributed by atoms with Gasteiger partial charge in [-0.05, 0) is 54.7 Å². The van der Waals surface area contributed by atoms with E-state index in [1.807, 2.05) is 36.4 Å². The number of alkyl halides is 1. The lowest BCUT2D eigenvalue weighted by Crippen LogP contribution is -2.19. The Hall–Kier alpha value is -2.52. The van der Waals surface area contributed by atoms with Crippen molar-refractivity contribution >= 4 is 40.5 Å². The maximum absolute atomic E-state index is 11.6. The van der Waals surface area contributed by atoms with Gasteiger partial charge >= 0.3 is 5.69 Å². The molecule has 1 unspecified atom stereocenters. The van der Waals surface area contributed by atoms with E-state index in [0.717, 1.165) is 30.4 Å². The third-order valence-corrected chi connectivity index (χ3v) is 7.14. The standard InChI is InChI=1S/C26H28Cl3N3O5/c1-26(2,18-13-20(28)25(21(29)14-18)36-12-10-27)17-6-8-19(9-7-17)37-16-22-23(32(33)34)15-31(30-22)24-5-3-4-11-35-24/h6-9,13-15,24H,3-5,10-12,16H2,1-2H3. The summed E-state index contributed by atoms with van der Waals surface area (Å²) in [5.41, 5.74) is 1.67. The number of nitrogens with zero attached hydrogens (tertiary/aromatic N) is 3. The Morgan fingerprint density at radius 1 is 1.14 bits per heavy atom. The van der Waals surface area contributed by atoms with Gasteiger partial charge in [0, 0.05) is 12.0 Å². The van der Waals surface area contributed by atoms with E-state index < -0.39 is 10.3 Å². The monoisotopic (exact) mass is 567 g/mol. The van der Waals surface area contributed by atoms with Crippen LogP contribution in [0.25, 0.3) is 0 Å². The normalized spacial score (nSPS) is 16.0. The Bertz CT molecular complexity index is 1220. The highest BCUT2D eigenvalue weighted by Crippen LogP contribution is 2.40. The van der Waals surface area contributed by atoms with Gasteiger partial charge in [0.15, 0.2) is 11.4 Å². The van der Waals surface area contributed by atoms with E-state index in [-0.39, 0.29) is 24.2 Å². The topological polar surface area (TPSA) is 88.7 Å². The second kappa shape index (κ2) is 11.9. The molecule has 2 aromatic carbocycles. The number of hydrogen-bond acceptors (Lipinski definition) is 6. The van der Waals surface area contributed by atoms with E-state index >= 15 is 0 Å². The molecule has 0 amide bonds. The summed E-state index contributed by atoms with van der Waals surface area (Å²) < 4.78 is 18.7. The van der Waals surface area contributed by atoms with Gasteiger partial charge in [-0.25, -0.2) is 4.68 Å². The molecule has 1 aromatic heterocycles. The fourth-order valence-corrected chi connectivity index (χ4v) is 4.91. The van der Waals surface area contributed by atoms with Crippen molar-refractivity contribution in [3.05, 3.63) is 79.6 Å². The van der Waals surface area contributed by atoms with Crippen LogP contribution in [0.1, 0.15) is 56.2 Å². The molecular formula is C26H28Cl3N3O5. The number of halogens is 3. The van der Waals surface area contributed by atoms with Gasteiger partial charge in [-0.1, -0.05) is 49.2 Å². The van der Waals surface area contributed by atoms with E-state index in [1.165, 1.54) is 10.9 Å². The summed E-state index contributed by atoms with van der Waals surface area (Å²) in [6.45, 7) is 5.02. The molecule has 0 radical (unpaired) electrons. The molecule has 0 bridgehead atoms. The summed E-state index contributed by atoms with van der Waals surface area (Å²) in [5, 5.41) is 16.8. The predicted octanol–water partition coefficient (Wildman–Crippen LogP) is 7.32. The summed E-state index contributed by atoms with van der Waals surface area (Å²) in [5.74, 6) is 1.32. The first-order valence-corrected chi connectivity index (χ1v) is 13.3. The third-order valence-electron chi connectivity index (χ3n) is 6.43. The molecule has 3 aromatic rings. The van der Waals surface area contributed by atoms with Gasteiger partial charge in [-0.2, -0.15) is 5.10 Å². The third kappa shape index (κ3) is 6.32. The zero-order valence-corrected chi connectivity index (χ0v) is 22.9. The number of benzene rings is 2. The first kappa shape index (κ1) is 27.5. The quantitative estimate of drug-likeness (QED) is 0.145. The Kier molecular flexibility index (Phi) is 8.85. The second-order valence-electron chi connectivity index (χ2n) is 9.26. The molecule has 11 heteroatoms. The van der Waals surface area contributed by atoms with Gasteiger partial charge in [0.2, 0.25) is 0 Å². The van der Waals surface area contributed by atoms with Crippen LogP contribution >= 0.6 is 34.8 Å². The molecule has 1 aliphatic heterocycles. The summed E-state index contributed by atoms with van der Waals surface area (Å²) in [4.78, 5) is 11.1. The predicted molar refractivity (Wildman–Crippen MR) is 143 cm³/mol.